The van der Waals surface area contributed by atoms with E-state index < -0.39 is 0 Å². The van der Waals surface area contributed by atoms with Gasteiger partial charge in [-0.3, -0.25) is 4.79 Å². The van der Waals surface area contributed by atoms with Crippen molar-refractivity contribution in [1.82, 2.24) is 14.8 Å². The molecule has 0 spiro atoms. The molecule has 0 fully saturated rings. The second-order valence-electron chi connectivity index (χ2n) is 6.30. The number of anilines is 1. The molecule has 8 heteroatoms. The highest BCUT2D eigenvalue weighted by Crippen LogP contribution is 2.34. The molecule has 1 N–H and O–H groups in total. The first-order valence-corrected chi connectivity index (χ1v) is 11.0. The third kappa shape index (κ3) is 3.53. The Balaban J connectivity index is 1.70. The van der Waals surface area contributed by atoms with Crippen molar-refractivity contribution in [3.8, 4) is 5.13 Å². The number of rotatable bonds is 4. The van der Waals surface area contributed by atoms with Gasteiger partial charge in [0.1, 0.15) is 5.82 Å². The van der Waals surface area contributed by atoms with E-state index in [0.717, 1.165) is 26.4 Å². The molecule has 0 atom stereocenters. The van der Waals surface area contributed by atoms with Crippen LogP contribution in [0.25, 0.3) is 15.3 Å². The number of hydrogen-bond donors (Lipinski definition) is 1. The molecule has 0 unspecified atom stereocenters. The molecule has 0 saturated carbocycles. The molecule has 0 aliphatic rings. The summed E-state index contributed by atoms with van der Waals surface area (Å²) in [6, 6.07) is 13.1. The summed E-state index contributed by atoms with van der Waals surface area (Å²) in [5.41, 5.74) is 3.28. The molecule has 1 amide bonds. The summed E-state index contributed by atoms with van der Waals surface area (Å²) in [6.45, 7) is 3.88. The van der Waals surface area contributed by atoms with Crippen LogP contribution in [0.1, 0.15) is 21.6 Å². The van der Waals surface area contributed by atoms with E-state index in [1.807, 2.05) is 62.6 Å². The van der Waals surface area contributed by atoms with Gasteiger partial charge in [-0.05, 0) is 56.0 Å². The first kappa shape index (κ1) is 19.0. The van der Waals surface area contributed by atoms with Crippen molar-refractivity contribution in [2.24, 2.45) is 0 Å². The maximum Gasteiger partial charge on any atom is 0.256 e. The molecule has 4 aromatic rings. The van der Waals surface area contributed by atoms with E-state index in [9.17, 15) is 4.79 Å². The second-order valence-corrected chi connectivity index (χ2v) is 8.57. The molecule has 0 saturated heterocycles. The molecule has 2 aromatic heterocycles. The van der Waals surface area contributed by atoms with E-state index in [1.165, 1.54) is 11.3 Å². The number of nitrogens with zero attached hydrogens (tertiary/aromatic N) is 3. The van der Waals surface area contributed by atoms with Crippen LogP contribution in [-0.2, 0) is 0 Å². The maximum atomic E-state index is 12.7. The molecule has 5 nitrogen and oxygen atoms in total. The molecule has 0 radical (unpaired) electrons. The molecular weight excluding hydrogens is 412 g/mol. The lowest BCUT2D eigenvalue weighted by molar-refractivity contribution is 0.102. The highest BCUT2D eigenvalue weighted by atomic mass is 35.5. The van der Waals surface area contributed by atoms with Gasteiger partial charge in [0.2, 0.25) is 5.13 Å². The van der Waals surface area contributed by atoms with E-state index in [4.69, 9.17) is 16.6 Å². The van der Waals surface area contributed by atoms with Crippen molar-refractivity contribution in [2.45, 2.75) is 18.7 Å². The topological polar surface area (TPSA) is 59.8 Å². The molecule has 142 valence electrons. The highest BCUT2D eigenvalue weighted by molar-refractivity contribution is 7.98. The number of aryl methyl sites for hydroxylation is 2. The average molecular weight is 429 g/mol. The standard InChI is InChI=1S/C20H17ClN4OS2/c1-11-4-9-15(21)18-17(11)23-20(28-18)25-16(10-12(2)24-25)22-19(26)13-5-7-14(27-3)8-6-13/h4-10H,1-3H3,(H,22,26). The SMILES string of the molecule is CSc1ccc(C(=O)Nc2cc(C)nn2-c2nc3c(C)ccc(Cl)c3s2)cc1. The number of benzene rings is 2. The van der Waals surface area contributed by atoms with Crippen LogP contribution in [-0.4, -0.2) is 26.9 Å². The molecule has 0 aliphatic heterocycles. The van der Waals surface area contributed by atoms with Crippen LogP contribution in [0.4, 0.5) is 5.82 Å². The average Bonchev–Trinajstić information content (AvgIpc) is 3.29. The van der Waals surface area contributed by atoms with E-state index in [2.05, 4.69) is 10.4 Å². The summed E-state index contributed by atoms with van der Waals surface area (Å²) in [7, 11) is 0. The minimum atomic E-state index is -0.191. The van der Waals surface area contributed by atoms with E-state index in [1.54, 1.807) is 16.4 Å². The zero-order valence-corrected chi connectivity index (χ0v) is 17.9. The lowest BCUT2D eigenvalue weighted by Crippen LogP contribution is -2.15. The van der Waals surface area contributed by atoms with Crippen LogP contribution in [0.15, 0.2) is 47.4 Å². The van der Waals surface area contributed by atoms with Crippen molar-refractivity contribution in [3.63, 3.8) is 0 Å². The molecule has 0 bridgehead atoms. The minimum absolute atomic E-state index is 0.191. The second kappa shape index (κ2) is 7.58. The number of carbonyl (C=O) groups is 1. The molecule has 0 aliphatic carbocycles. The Bertz CT molecular complexity index is 1140. The first-order chi connectivity index (χ1) is 13.5. The smallest absolute Gasteiger partial charge is 0.256 e. The number of halogens is 1. The van der Waals surface area contributed by atoms with E-state index in [-0.39, 0.29) is 5.91 Å². The van der Waals surface area contributed by atoms with Crippen LogP contribution in [0.3, 0.4) is 0 Å². The van der Waals surface area contributed by atoms with Gasteiger partial charge in [-0.25, -0.2) is 4.98 Å². The molecule has 4 rings (SSSR count). The van der Waals surface area contributed by atoms with Crippen molar-refractivity contribution >= 4 is 56.6 Å². The summed E-state index contributed by atoms with van der Waals surface area (Å²) in [4.78, 5) is 18.5. The quantitative estimate of drug-likeness (QED) is 0.422. The minimum Gasteiger partial charge on any atom is -0.306 e. The van der Waals surface area contributed by atoms with Crippen LogP contribution in [0.5, 0.6) is 0 Å². The van der Waals surface area contributed by atoms with Gasteiger partial charge in [-0.2, -0.15) is 9.78 Å². The van der Waals surface area contributed by atoms with Crippen LogP contribution < -0.4 is 5.32 Å². The van der Waals surface area contributed by atoms with Crippen molar-refractivity contribution in [1.29, 1.82) is 0 Å². The van der Waals surface area contributed by atoms with Gasteiger partial charge in [-0.15, -0.1) is 11.8 Å². The molecule has 2 heterocycles. The van der Waals surface area contributed by atoms with Crippen molar-refractivity contribution in [2.75, 3.05) is 11.6 Å². The number of thiazole rings is 1. The number of hydrogen-bond acceptors (Lipinski definition) is 5. The van der Waals surface area contributed by atoms with E-state index in [0.29, 0.717) is 21.5 Å². The number of nitrogens with one attached hydrogen (secondary N) is 1. The zero-order valence-electron chi connectivity index (χ0n) is 15.5. The lowest BCUT2D eigenvalue weighted by Gasteiger charge is -2.07. The Kier molecular flexibility index (Phi) is 5.14. The van der Waals surface area contributed by atoms with Gasteiger partial charge in [0.15, 0.2) is 0 Å². The predicted molar refractivity (Wildman–Crippen MR) is 117 cm³/mol. The number of aromatic nitrogens is 3. The first-order valence-electron chi connectivity index (χ1n) is 8.54. The number of carbonyl (C=O) groups excluding carboxylic acids is 1. The molecule has 28 heavy (non-hydrogen) atoms. The van der Waals surface area contributed by atoms with Crippen LogP contribution >= 0.6 is 34.7 Å². The third-order valence-electron chi connectivity index (χ3n) is 4.29. The normalized spacial score (nSPS) is 11.1. The van der Waals surface area contributed by atoms with Gasteiger partial charge in [-0.1, -0.05) is 29.0 Å². The number of fused-ring (bicyclic) bond motifs is 1. The maximum absolute atomic E-state index is 12.7. The van der Waals surface area contributed by atoms with E-state index >= 15 is 0 Å². The van der Waals surface area contributed by atoms with Crippen LogP contribution in [0.2, 0.25) is 5.02 Å². The van der Waals surface area contributed by atoms with Gasteiger partial charge < -0.3 is 5.32 Å². The zero-order chi connectivity index (χ0) is 19.8. The summed E-state index contributed by atoms with van der Waals surface area (Å²) in [5.74, 6) is 0.383. The fraction of sp³-hybridized carbons (Fsp3) is 0.150. The monoisotopic (exact) mass is 428 g/mol. The third-order valence-corrected chi connectivity index (χ3v) is 6.53. The summed E-state index contributed by atoms with van der Waals surface area (Å²) in [5, 5.41) is 8.78. The number of amides is 1. The Morgan fingerprint density at radius 1 is 1.18 bits per heavy atom. The Hall–Kier alpha value is -2.35. The molecular formula is C20H17ClN4OS2. The summed E-state index contributed by atoms with van der Waals surface area (Å²) in [6.07, 6.45) is 2.00. The van der Waals surface area contributed by atoms with Gasteiger partial charge in [0.25, 0.3) is 5.91 Å². The van der Waals surface area contributed by atoms with Gasteiger partial charge >= 0.3 is 0 Å². The van der Waals surface area contributed by atoms with Crippen LogP contribution in [0, 0.1) is 13.8 Å². The molecule has 2 aromatic carbocycles. The highest BCUT2D eigenvalue weighted by Gasteiger charge is 2.17. The summed E-state index contributed by atoms with van der Waals surface area (Å²) >= 11 is 9.42. The summed E-state index contributed by atoms with van der Waals surface area (Å²) < 4.78 is 2.57. The Morgan fingerprint density at radius 2 is 1.93 bits per heavy atom. The number of thioether (sulfide) groups is 1. The van der Waals surface area contributed by atoms with Crippen molar-refractivity contribution in [3.05, 3.63) is 64.3 Å². The largest absolute Gasteiger partial charge is 0.306 e. The Morgan fingerprint density at radius 3 is 2.61 bits per heavy atom. The fourth-order valence-electron chi connectivity index (χ4n) is 2.85. The fourth-order valence-corrected chi connectivity index (χ4v) is 4.54. The van der Waals surface area contributed by atoms with Gasteiger partial charge in [0.05, 0.1) is 20.9 Å². The lowest BCUT2D eigenvalue weighted by atomic mass is 10.2. The van der Waals surface area contributed by atoms with Gasteiger partial charge in [0, 0.05) is 16.5 Å². The van der Waals surface area contributed by atoms with Crippen molar-refractivity contribution < 1.29 is 4.79 Å². The Labute approximate surface area is 175 Å². The predicted octanol–water partition coefficient (Wildman–Crippen LogP) is 5.73.